The summed E-state index contributed by atoms with van der Waals surface area (Å²) in [6.45, 7) is 3.83. The van der Waals surface area contributed by atoms with Gasteiger partial charge in [-0.25, -0.2) is 4.79 Å². The summed E-state index contributed by atoms with van der Waals surface area (Å²) >= 11 is 0. The van der Waals surface area contributed by atoms with Gasteiger partial charge in [-0.1, -0.05) is 13.0 Å². The minimum atomic E-state index is -0.916. The van der Waals surface area contributed by atoms with Gasteiger partial charge >= 0.3 is 12.0 Å². The molecule has 2 heterocycles. The summed E-state index contributed by atoms with van der Waals surface area (Å²) in [5, 5.41) is 5.50. The van der Waals surface area contributed by atoms with Gasteiger partial charge in [0.25, 0.3) is 11.8 Å². The number of nitrogens with one attached hydrogen (secondary N) is 2. The average molecular weight is 459 g/mol. The molecule has 1 spiro atoms. The molecule has 1 unspecified atom stereocenters. The fourth-order valence-corrected chi connectivity index (χ4v) is 4.43. The summed E-state index contributed by atoms with van der Waals surface area (Å²) in [4.78, 5) is 50.5. The van der Waals surface area contributed by atoms with Crippen LogP contribution in [0, 0.1) is 5.92 Å². The summed E-state index contributed by atoms with van der Waals surface area (Å²) < 4.78 is 16.1. The van der Waals surface area contributed by atoms with Crippen LogP contribution in [0.1, 0.15) is 51.1 Å². The van der Waals surface area contributed by atoms with Crippen LogP contribution in [0.3, 0.4) is 0 Å². The van der Waals surface area contributed by atoms with E-state index in [0.717, 1.165) is 23.3 Å². The maximum Gasteiger partial charge on any atom is 0.326 e. The van der Waals surface area contributed by atoms with Gasteiger partial charge in [0.05, 0.1) is 6.04 Å². The number of amides is 4. The number of imide groups is 1. The number of fused-ring (bicyclic) bond motifs is 1. The van der Waals surface area contributed by atoms with Crippen LogP contribution in [0.2, 0.25) is 0 Å². The first-order valence-electron chi connectivity index (χ1n) is 11.3. The number of hydrogen-bond acceptors (Lipinski definition) is 7. The molecular weight excluding hydrogens is 430 g/mol. The molecular formula is C23H29N3O7. The van der Waals surface area contributed by atoms with Crippen LogP contribution in [-0.2, 0) is 19.1 Å². The highest BCUT2D eigenvalue weighted by Crippen LogP contribution is 2.36. The first-order valence-corrected chi connectivity index (χ1v) is 11.3. The van der Waals surface area contributed by atoms with E-state index in [1.165, 1.54) is 0 Å². The van der Waals surface area contributed by atoms with E-state index in [1.807, 2.05) is 6.07 Å². The SMILES string of the molecule is CC1CCC2(CC1)NC(=O)N(CC(=O)OCC(=O)NC(C)c1ccc3c(c1)OCCO3)C2=O. The molecule has 33 heavy (non-hydrogen) atoms. The molecule has 0 aromatic heterocycles. The predicted molar refractivity (Wildman–Crippen MR) is 116 cm³/mol. The standard InChI is InChI=1S/C23H29N3O7/c1-14-5-7-23(8-6-14)21(29)26(22(30)25-23)12-20(28)33-13-19(27)24-15(2)16-3-4-17-18(11-16)32-10-9-31-17/h3-4,11,14-15H,5-10,12-13H2,1-2H3,(H,24,27)(H,25,30). The van der Waals surface area contributed by atoms with Crippen molar-refractivity contribution in [3.63, 3.8) is 0 Å². The van der Waals surface area contributed by atoms with Crippen LogP contribution < -0.4 is 20.1 Å². The molecule has 4 amide bonds. The third-order valence-corrected chi connectivity index (χ3v) is 6.47. The van der Waals surface area contributed by atoms with E-state index >= 15 is 0 Å². The quantitative estimate of drug-likeness (QED) is 0.490. The zero-order valence-corrected chi connectivity index (χ0v) is 18.8. The lowest BCUT2D eigenvalue weighted by Gasteiger charge is -2.33. The normalized spacial score (nSPS) is 24.9. The minimum absolute atomic E-state index is 0.355. The zero-order chi connectivity index (χ0) is 23.6. The van der Waals surface area contributed by atoms with Crippen molar-refractivity contribution in [2.75, 3.05) is 26.4 Å². The van der Waals surface area contributed by atoms with Gasteiger partial charge in [-0.3, -0.25) is 19.3 Å². The molecule has 3 aliphatic rings. The van der Waals surface area contributed by atoms with E-state index in [1.54, 1.807) is 19.1 Å². The molecule has 178 valence electrons. The van der Waals surface area contributed by atoms with Gasteiger partial charge in [-0.05, 0) is 56.2 Å². The summed E-state index contributed by atoms with van der Waals surface area (Å²) in [5.74, 6) is 0.0606. The highest BCUT2D eigenvalue weighted by Gasteiger charge is 2.52. The lowest BCUT2D eigenvalue weighted by Crippen LogP contribution is -2.49. The Morgan fingerprint density at radius 1 is 1.21 bits per heavy atom. The second-order valence-electron chi connectivity index (χ2n) is 8.94. The Morgan fingerprint density at radius 2 is 1.91 bits per heavy atom. The van der Waals surface area contributed by atoms with Crippen molar-refractivity contribution in [1.29, 1.82) is 0 Å². The van der Waals surface area contributed by atoms with E-state index in [4.69, 9.17) is 14.2 Å². The summed E-state index contributed by atoms with van der Waals surface area (Å²) in [7, 11) is 0. The van der Waals surface area contributed by atoms with Gasteiger partial charge in [0.15, 0.2) is 18.1 Å². The van der Waals surface area contributed by atoms with Gasteiger partial charge in [0.2, 0.25) is 0 Å². The molecule has 1 saturated heterocycles. The third-order valence-electron chi connectivity index (χ3n) is 6.47. The summed E-state index contributed by atoms with van der Waals surface area (Å²) in [6, 6.07) is 4.45. The number of hydrogen-bond donors (Lipinski definition) is 2. The number of carbonyl (C=O) groups is 4. The molecule has 1 atom stereocenters. The van der Waals surface area contributed by atoms with Crippen LogP contribution in [-0.4, -0.2) is 60.6 Å². The molecule has 4 rings (SSSR count). The van der Waals surface area contributed by atoms with E-state index < -0.39 is 42.5 Å². The van der Waals surface area contributed by atoms with Crippen molar-refractivity contribution in [3.8, 4) is 11.5 Å². The number of rotatable bonds is 6. The molecule has 2 fully saturated rings. The third kappa shape index (κ3) is 4.89. The Balaban J connectivity index is 1.25. The molecule has 2 aliphatic heterocycles. The van der Waals surface area contributed by atoms with Crippen LogP contribution in [0.15, 0.2) is 18.2 Å². The molecule has 10 heteroatoms. The van der Waals surface area contributed by atoms with Gasteiger partial charge in [0.1, 0.15) is 25.3 Å². The van der Waals surface area contributed by atoms with Crippen molar-refractivity contribution in [1.82, 2.24) is 15.5 Å². The van der Waals surface area contributed by atoms with Crippen molar-refractivity contribution >= 4 is 23.8 Å². The Morgan fingerprint density at radius 3 is 2.64 bits per heavy atom. The van der Waals surface area contributed by atoms with Gasteiger partial charge in [-0.15, -0.1) is 0 Å². The zero-order valence-electron chi connectivity index (χ0n) is 18.8. The molecule has 0 radical (unpaired) electrons. The van der Waals surface area contributed by atoms with Crippen LogP contribution in [0.5, 0.6) is 11.5 Å². The van der Waals surface area contributed by atoms with Gasteiger partial charge < -0.3 is 24.8 Å². The Kier molecular flexibility index (Phi) is 6.44. The fourth-order valence-electron chi connectivity index (χ4n) is 4.43. The smallest absolute Gasteiger partial charge is 0.326 e. The number of esters is 1. The number of ether oxygens (including phenoxy) is 3. The number of urea groups is 1. The summed E-state index contributed by atoms with van der Waals surface area (Å²) in [5.41, 5.74) is -0.106. The Hall–Kier alpha value is -3.30. The van der Waals surface area contributed by atoms with E-state index in [0.29, 0.717) is 43.5 Å². The van der Waals surface area contributed by atoms with E-state index in [2.05, 4.69) is 17.6 Å². The number of carbonyl (C=O) groups excluding carboxylic acids is 4. The molecule has 10 nitrogen and oxygen atoms in total. The topological polar surface area (TPSA) is 123 Å². The highest BCUT2D eigenvalue weighted by atomic mass is 16.6. The first kappa shape index (κ1) is 22.9. The lowest BCUT2D eigenvalue weighted by molar-refractivity contribution is -0.151. The molecule has 1 aromatic rings. The molecule has 2 N–H and O–H groups in total. The second kappa shape index (κ2) is 9.29. The maximum absolute atomic E-state index is 12.8. The molecule has 1 aliphatic carbocycles. The molecule has 1 saturated carbocycles. The number of nitrogens with zero attached hydrogens (tertiary/aromatic N) is 1. The Bertz CT molecular complexity index is 955. The summed E-state index contributed by atoms with van der Waals surface area (Å²) in [6.07, 6.45) is 2.80. The first-order chi connectivity index (χ1) is 15.8. The molecule has 1 aromatic carbocycles. The highest BCUT2D eigenvalue weighted by molar-refractivity contribution is 6.08. The number of benzene rings is 1. The second-order valence-corrected chi connectivity index (χ2v) is 8.94. The van der Waals surface area contributed by atoms with E-state index in [9.17, 15) is 19.2 Å². The Labute approximate surface area is 191 Å². The van der Waals surface area contributed by atoms with Crippen LogP contribution in [0.4, 0.5) is 4.79 Å². The molecule has 0 bridgehead atoms. The van der Waals surface area contributed by atoms with E-state index in [-0.39, 0.29) is 6.04 Å². The van der Waals surface area contributed by atoms with Gasteiger partial charge in [-0.2, -0.15) is 0 Å². The maximum atomic E-state index is 12.8. The van der Waals surface area contributed by atoms with Crippen molar-refractivity contribution in [2.45, 2.75) is 51.1 Å². The fraction of sp³-hybridized carbons (Fsp3) is 0.565. The van der Waals surface area contributed by atoms with Crippen molar-refractivity contribution in [2.24, 2.45) is 5.92 Å². The van der Waals surface area contributed by atoms with Crippen LogP contribution >= 0.6 is 0 Å². The van der Waals surface area contributed by atoms with Crippen molar-refractivity contribution < 1.29 is 33.4 Å². The van der Waals surface area contributed by atoms with Crippen LogP contribution in [0.25, 0.3) is 0 Å². The monoisotopic (exact) mass is 459 g/mol. The van der Waals surface area contributed by atoms with Crippen molar-refractivity contribution in [3.05, 3.63) is 23.8 Å². The minimum Gasteiger partial charge on any atom is -0.486 e. The predicted octanol–water partition coefficient (Wildman–Crippen LogP) is 1.68. The van der Waals surface area contributed by atoms with Gasteiger partial charge in [0, 0.05) is 0 Å². The average Bonchev–Trinajstić information content (AvgIpc) is 3.03. The largest absolute Gasteiger partial charge is 0.486 e. The lowest BCUT2D eigenvalue weighted by atomic mass is 9.77.